The lowest BCUT2D eigenvalue weighted by molar-refractivity contribution is 0.402. The molecule has 9 heteroatoms. The van der Waals surface area contributed by atoms with Gasteiger partial charge in [-0.15, -0.1) is 0 Å². The zero-order chi connectivity index (χ0) is 19.5. The second-order valence-corrected chi connectivity index (χ2v) is 7.80. The van der Waals surface area contributed by atoms with Crippen molar-refractivity contribution in [2.45, 2.75) is 12.3 Å². The maximum Gasteiger partial charge on any atom is 0.261 e. The van der Waals surface area contributed by atoms with Gasteiger partial charge >= 0.3 is 0 Å². The molecular weight excluding hydrogens is 382 g/mol. The van der Waals surface area contributed by atoms with E-state index in [0.29, 0.717) is 19.2 Å². The van der Waals surface area contributed by atoms with E-state index < -0.39 is 10.1 Å². The predicted molar refractivity (Wildman–Crippen MR) is 109 cm³/mol. The molecule has 1 unspecified atom stereocenters. The van der Waals surface area contributed by atoms with Crippen LogP contribution in [0.1, 0.15) is 29.7 Å². The number of fused-ring (bicyclic) bond motifs is 1. The highest BCUT2D eigenvalue weighted by Crippen LogP contribution is 2.42. The van der Waals surface area contributed by atoms with Gasteiger partial charge < -0.3 is 20.6 Å². The fourth-order valence-corrected chi connectivity index (χ4v) is 3.12. The van der Waals surface area contributed by atoms with Gasteiger partial charge in [0, 0.05) is 19.6 Å². The summed E-state index contributed by atoms with van der Waals surface area (Å²) in [5, 5.41) is 32.7. The van der Waals surface area contributed by atoms with Crippen LogP contribution in [0.15, 0.2) is 30.3 Å². The van der Waals surface area contributed by atoms with Crippen molar-refractivity contribution in [3.05, 3.63) is 52.0 Å². The number of nitrogens with one attached hydrogen (secondary N) is 1. The third kappa shape index (κ3) is 5.25. The lowest BCUT2D eigenvalue weighted by Gasteiger charge is -2.20. The molecule has 0 aromatic heterocycles. The molecule has 5 N–H and O–H groups in total. The maximum atomic E-state index is 9.86. The van der Waals surface area contributed by atoms with Crippen molar-refractivity contribution in [1.82, 2.24) is 5.32 Å². The average molecular weight is 412 g/mol. The first-order valence-corrected chi connectivity index (χ1v) is 9.96. The number of hydrogen-bond donors (Lipinski definition) is 5. The summed E-state index contributed by atoms with van der Waals surface area (Å²) in [6, 6.07) is 8.58. The molecule has 0 fully saturated rings. The SMILES string of the molecule is CS(=O)(=O)O.Oc1ccc(C2CNCCc3c2cc(O)c(O)c3Cl)cc1.[HH].[HH].[HH].[HH].[HH]. The lowest BCUT2D eigenvalue weighted by atomic mass is 9.87. The smallest absolute Gasteiger partial charge is 0.261 e. The topological polar surface area (TPSA) is 127 Å². The van der Waals surface area contributed by atoms with Crippen LogP contribution in [0.2, 0.25) is 5.02 Å². The van der Waals surface area contributed by atoms with Gasteiger partial charge in [-0.3, -0.25) is 4.55 Å². The number of benzene rings is 2. The molecule has 152 valence electrons. The number of hydrogen-bond acceptors (Lipinski definition) is 6. The molecule has 0 aliphatic carbocycles. The van der Waals surface area contributed by atoms with Crippen molar-refractivity contribution in [3.8, 4) is 17.2 Å². The van der Waals surface area contributed by atoms with Crippen molar-refractivity contribution in [1.29, 1.82) is 0 Å². The van der Waals surface area contributed by atoms with Gasteiger partial charge in [0.15, 0.2) is 11.5 Å². The van der Waals surface area contributed by atoms with E-state index in [1.807, 2.05) is 12.1 Å². The van der Waals surface area contributed by atoms with Crippen LogP contribution in [0, 0.1) is 0 Å². The molecule has 3 rings (SSSR count). The van der Waals surface area contributed by atoms with Crippen molar-refractivity contribution in [2.75, 3.05) is 19.3 Å². The monoisotopic (exact) mass is 411 g/mol. The Morgan fingerprint density at radius 2 is 1.77 bits per heavy atom. The third-order valence-corrected chi connectivity index (χ3v) is 4.33. The summed E-state index contributed by atoms with van der Waals surface area (Å²) in [5.41, 5.74) is 2.78. The van der Waals surface area contributed by atoms with Crippen LogP contribution in [0.3, 0.4) is 0 Å². The van der Waals surface area contributed by atoms with E-state index in [9.17, 15) is 23.7 Å². The first-order valence-electron chi connectivity index (χ1n) is 7.73. The van der Waals surface area contributed by atoms with E-state index in [-0.39, 0.29) is 35.3 Å². The quantitative estimate of drug-likeness (QED) is 0.359. The summed E-state index contributed by atoms with van der Waals surface area (Å²) in [7, 11) is -3.67. The average Bonchev–Trinajstić information content (AvgIpc) is 2.75. The van der Waals surface area contributed by atoms with Crippen LogP contribution in [0.25, 0.3) is 0 Å². The van der Waals surface area contributed by atoms with Gasteiger partial charge in [0.2, 0.25) is 0 Å². The maximum absolute atomic E-state index is 9.86. The van der Waals surface area contributed by atoms with Gasteiger partial charge in [-0.2, -0.15) is 8.42 Å². The number of rotatable bonds is 1. The van der Waals surface area contributed by atoms with E-state index in [1.165, 1.54) is 0 Å². The van der Waals surface area contributed by atoms with Gasteiger partial charge in [-0.25, -0.2) is 0 Å². The second kappa shape index (κ2) is 8.13. The van der Waals surface area contributed by atoms with Crippen LogP contribution >= 0.6 is 11.6 Å². The van der Waals surface area contributed by atoms with Crippen LogP contribution < -0.4 is 5.32 Å². The molecule has 1 atom stereocenters. The van der Waals surface area contributed by atoms with Gasteiger partial charge in [-0.05, 0) is 47.9 Å². The van der Waals surface area contributed by atoms with E-state index in [0.717, 1.165) is 23.2 Å². The molecule has 1 heterocycles. The van der Waals surface area contributed by atoms with Crippen molar-refractivity contribution in [2.24, 2.45) is 0 Å². The Morgan fingerprint density at radius 3 is 2.35 bits per heavy atom. The Bertz CT molecular complexity index is 895. The van der Waals surface area contributed by atoms with E-state index >= 15 is 0 Å². The fourth-order valence-electron chi connectivity index (χ4n) is 2.82. The molecule has 0 amide bonds. The van der Waals surface area contributed by atoms with Gasteiger partial charge in [0.05, 0.1) is 11.3 Å². The van der Waals surface area contributed by atoms with E-state index in [1.54, 1.807) is 18.2 Å². The summed E-state index contributed by atoms with van der Waals surface area (Å²) < 4.78 is 25.9. The Balaban J connectivity index is -0.000000331. The minimum absolute atomic E-state index is 0. The predicted octanol–water partition coefficient (Wildman–Crippen LogP) is 3.47. The molecule has 0 spiro atoms. The number of aromatic hydroxyl groups is 3. The Labute approximate surface area is 164 Å². The summed E-state index contributed by atoms with van der Waals surface area (Å²) >= 11 is 6.19. The molecule has 26 heavy (non-hydrogen) atoms. The van der Waals surface area contributed by atoms with E-state index in [4.69, 9.17) is 16.2 Å². The summed E-state index contributed by atoms with van der Waals surface area (Å²) in [4.78, 5) is 0. The molecule has 0 saturated carbocycles. The van der Waals surface area contributed by atoms with Gasteiger partial charge in [-0.1, -0.05) is 23.7 Å². The highest BCUT2D eigenvalue weighted by Gasteiger charge is 2.25. The molecule has 0 saturated heterocycles. The molecule has 0 radical (unpaired) electrons. The van der Waals surface area contributed by atoms with Gasteiger partial charge in [0.1, 0.15) is 5.75 Å². The minimum atomic E-state index is -3.67. The summed E-state index contributed by atoms with van der Waals surface area (Å²) in [5.74, 6) is -0.245. The zero-order valence-electron chi connectivity index (χ0n) is 14.0. The molecule has 2 aromatic carbocycles. The highest BCUT2D eigenvalue weighted by molar-refractivity contribution is 7.85. The van der Waals surface area contributed by atoms with Crippen molar-refractivity contribution < 1.29 is 35.4 Å². The molecule has 1 aliphatic rings. The van der Waals surface area contributed by atoms with E-state index in [2.05, 4.69) is 5.32 Å². The number of phenols is 3. The number of halogens is 1. The molecule has 7 nitrogen and oxygen atoms in total. The minimum Gasteiger partial charge on any atom is -0.508 e. The summed E-state index contributed by atoms with van der Waals surface area (Å²) in [6.07, 6.45) is 1.41. The van der Waals surface area contributed by atoms with Gasteiger partial charge in [0.25, 0.3) is 10.1 Å². The largest absolute Gasteiger partial charge is 0.508 e. The molecule has 2 aromatic rings. The standard InChI is InChI=1S/C16H16ClNO3.CH4O3S.5H2/c17-15-11-5-6-18-8-13(9-1-3-10(19)4-2-9)12(11)7-14(20)16(15)21;1-5(2,3)4;;;;;/h1-4,7,13,18-21H,5-6,8H2;1H3,(H,2,3,4);5*1H. The lowest BCUT2D eigenvalue weighted by Crippen LogP contribution is -2.20. The first kappa shape index (κ1) is 20.3. The van der Waals surface area contributed by atoms with Crippen LogP contribution in [-0.2, 0) is 16.5 Å². The van der Waals surface area contributed by atoms with Crippen LogP contribution in [-0.4, -0.2) is 47.6 Å². The Hall–Kier alpha value is -2.00. The number of phenolic OH excluding ortho intramolecular Hbond substituents is 3. The normalized spacial score (nSPS) is 16.8. The van der Waals surface area contributed by atoms with Crippen molar-refractivity contribution in [3.63, 3.8) is 0 Å². The zero-order valence-corrected chi connectivity index (χ0v) is 15.5. The summed E-state index contributed by atoms with van der Waals surface area (Å²) in [6.45, 7) is 1.46. The second-order valence-electron chi connectivity index (χ2n) is 5.96. The Kier molecular flexibility index (Phi) is 6.35. The highest BCUT2D eigenvalue weighted by atomic mass is 35.5. The third-order valence-electron chi connectivity index (χ3n) is 3.93. The Morgan fingerprint density at radius 1 is 1.19 bits per heavy atom. The molecule has 1 aliphatic heterocycles. The fraction of sp³-hybridized carbons (Fsp3) is 0.294. The molecule has 0 bridgehead atoms. The van der Waals surface area contributed by atoms with Crippen molar-refractivity contribution >= 4 is 21.7 Å². The van der Waals surface area contributed by atoms with Crippen LogP contribution in [0.4, 0.5) is 0 Å². The molecular formula is C17H30ClNO6S. The first-order chi connectivity index (χ1) is 12.1. The van der Waals surface area contributed by atoms with Crippen LogP contribution in [0.5, 0.6) is 17.2 Å².